The molecule has 0 aliphatic carbocycles. The number of thiazole rings is 1. The predicted octanol–water partition coefficient (Wildman–Crippen LogP) is 5.29. The number of H-pyrrole nitrogens is 1. The highest BCUT2D eigenvalue weighted by atomic mass is 35.5. The number of nitrogens with zero attached hydrogens (tertiary/aromatic N) is 4. The summed E-state index contributed by atoms with van der Waals surface area (Å²) in [5, 5.41) is 11.3. The fourth-order valence-electron chi connectivity index (χ4n) is 4.27. The first-order valence-corrected chi connectivity index (χ1v) is 13.6. The zero-order valence-electron chi connectivity index (χ0n) is 20.6. The highest BCUT2D eigenvalue weighted by Gasteiger charge is 2.17. The van der Waals surface area contributed by atoms with Gasteiger partial charge in [-0.2, -0.15) is 0 Å². The smallest absolute Gasteiger partial charge is 0.248 e. The van der Waals surface area contributed by atoms with Gasteiger partial charge in [0.1, 0.15) is 0 Å². The van der Waals surface area contributed by atoms with Crippen LogP contribution in [0.15, 0.2) is 53.6 Å². The molecule has 0 saturated carbocycles. The minimum atomic E-state index is -0.183. The van der Waals surface area contributed by atoms with Crippen LogP contribution in [0.5, 0.6) is 0 Å². The lowest BCUT2D eigenvalue weighted by Crippen LogP contribution is -2.25. The molecular weight excluding hydrogens is 508 g/mol. The summed E-state index contributed by atoms with van der Waals surface area (Å²) < 4.78 is 0. The second-order valence-corrected chi connectivity index (χ2v) is 10.1. The van der Waals surface area contributed by atoms with E-state index in [1.165, 1.54) is 43.3 Å². The first-order valence-electron chi connectivity index (χ1n) is 12.4. The standard InChI is InChI=1S/C26H29ClN8OS/c1-2-28-26-34-23(17-7-9-30-22(36)15-17)24(37-26)21-8-10-31-25(33-21)32-18-5-6-20(19(27)16-18)29-11-14-35-12-3-4-13-35/h5-10,15-16,29H,2-4,11-14H2,1H3,(H,28,34)(H,30,36)(H,31,32,33). The predicted molar refractivity (Wildman–Crippen MR) is 152 cm³/mol. The van der Waals surface area contributed by atoms with Gasteiger partial charge in [-0.3, -0.25) is 4.79 Å². The molecule has 0 bridgehead atoms. The van der Waals surface area contributed by atoms with E-state index in [2.05, 4.69) is 30.8 Å². The first kappa shape index (κ1) is 25.2. The number of anilines is 4. The van der Waals surface area contributed by atoms with Gasteiger partial charge in [0.15, 0.2) is 5.13 Å². The number of benzene rings is 1. The van der Waals surface area contributed by atoms with Crippen molar-refractivity contribution in [2.45, 2.75) is 19.8 Å². The quantitative estimate of drug-likeness (QED) is 0.216. The Bertz CT molecular complexity index is 1420. The molecule has 11 heteroatoms. The van der Waals surface area contributed by atoms with E-state index in [1.54, 1.807) is 12.4 Å². The number of aromatic amines is 1. The van der Waals surface area contributed by atoms with Crippen LogP contribution in [0.1, 0.15) is 19.8 Å². The van der Waals surface area contributed by atoms with E-state index in [-0.39, 0.29) is 5.56 Å². The molecule has 4 aromatic rings. The summed E-state index contributed by atoms with van der Waals surface area (Å²) in [7, 11) is 0. The Morgan fingerprint density at radius 2 is 1.97 bits per heavy atom. The van der Waals surface area contributed by atoms with Crippen LogP contribution < -0.4 is 21.5 Å². The second-order valence-electron chi connectivity index (χ2n) is 8.73. The summed E-state index contributed by atoms with van der Waals surface area (Å²) >= 11 is 8.04. The number of pyridine rings is 1. The van der Waals surface area contributed by atoms with Crippen molar-refractivity contribution in [3.63, 3.8) is 0 Å². The number of hydrogen-bond acceptors (Lipinski definition) is 9. The zero-order chi connectivity index (χ0) is 25.6. The fourth-order valence-corrected chi connectivity index (χ4v) is 5.55. The molecule has 0 radical (unpaired) electrons. The van der Waals surface area contributed by atoms with Crippen LogP contribution >= 0.6 is 22.9 Å². The summed E-state index contributed by atoms with van der Waals surface area (Å²) in [5.74, 6) is 0.443. The Morgan fingerprint density at radius 1 is 1.11 bits per heavy atom. The average Bonchev–Trinajstić information content (AvgIpc) is 3.56. The third kappa shape index (κ3) is 6.27. The number of halogens is 1. The van der Waals surface area contributed by atoms with Crippen LogP contribution in [-0.2, 0) is 0 Å². The van der Waals surface area contributed by atoms with Gasteiger partial charge in [-0.1, -0.05) is 22.9 Å². The van der Waals surface area contributed by atoms with Crippen LogP contribution in [0.3, 0.4) is 0 Å². The Labute approximate surface area is 224 Å². The molecule has 4 heterocycles. The van der Waals surface area contributed by atoms with Gasteiger partial charge in [0.2, 0.25) is 11.5 Å². The summed E-state index contributed by atoms with van der Waals surface area (Å²) in [6.45, 7) is 6.99. The molecular formula is C26H29ClN8OS. The van der Waals surface area contributed by atoms with E-state index in [1.807, 2.05) is 37.3 Å². The van der Waals surface area contributed by atoms with Gasteiger partial charge in [-0.05, 0) is 63.2 Å². The SMILES string of the molecule is CCNc1nc(-c2cc[nH]c(=O)c2)c(-c2ccnc(Nc3ccc(NCCN4CCCC4)c(Cl)c3)n2)s1. The monoisotopic (exact) mass is 536 g/mol. The maximum absolute atomic E-state index is 11.9. The van der Waals surface area contributed by atoms with Crippen molar-refractivity contribution in [1.82, 2.24) is 24.8 Å². The Kier molecular flexibility index (Phi) is 7.98. The van der Waals surface area contributed by atoms with Gasteiger partial charge in [-0.15, -0.1) is 0 Å². The third-order valence-electron chi connectivity index (χ3n) is 6.06. The van der Waals surface area contributed by atoms with Crippen molar-refractivity contribution in [2.75, 3.05) is 48.7 Å². The Morgan fingerprint density at radius 3 is 2.76 bits per heavy atom. The normalized spacial score (nSPS) is 13.6. The topological polar surface area (TPSA) is 111 Å². The maximum Gasteiger partial charge on any atom is 0.248 e. The lowest BCUT2D eigenvalue weighted by molar-refractivity contribution is 0.352. The summed E-state index contributed by atoms with van der Waals surface area (Å²) in [5.41, 5.74) is 3.65. The molecule has 0 unspecified atom stereocenters. The number of nitrogens with one attached hydrogen (secondary N) is 4. The highest BCUT2D eigenvalue weighted by Crippen LogP contribution is 2.38. The van der Waals surface area contributed by atoms with E-state index >= 15 is 0 Å². The summed E-state index contributed by atoms with van der Waals surface area (Å²) in [4.78, 5) is 31.7. The molecule has 4 N–H and O–H groups in total. The van der Waals surface area contributed by atoms with Gasteiger partial charge in [-0.25, -0.2) is 15.0 Å². The first-order chi connectivity index (χ1) is 18.1. The lowest BCUT2D eigenvalue weighted by Gasteiger charge is -2.16. The molecule has 1 fully saturated rings. The van der Waals surface area contributed by atoms with Crippen LogP contribution in [0, 0.1) is 0 Å². The van der Waals surface area contributed by atoms with Crippen molar-refractivity contribution in [3.8, 4) is 21.8 Å². The molecule has 9 nitrogen and oxygen atoms in total. The largest absolute Gasteiger partial charge is 0.383 e. The molecule has 0 atom stereocenters. The molecule has 1 aliphatic heterocycles. The third-order valence-corrected chi connectivity index (χ3v) is 7.41. The van der Waals surface area contributed by atoms with Crippen molar-refractivity contribution >= 4 is 45.4 Å². The van der Waals surface area contributed by atoms with Gasteiger partial charge >= 0.3 is 0 Å². The van der Waals surface area contributed by atoms with Crippen molar-refractivity contribution < 1.29 is 0 Å². The molecule has 1 aliphatic rings. The van der Waals surface area contributed by atoms with Crippen molar-refractivity contribution in [2.24, 2.45) is 0 Å². The van der Waals surface area contributed by atoms with E-state index in [9.17, 15) is 4.79 Å². The second kappa shape index (κ2) is 11.7. The molecule has 0 amide bonds. The molecule has 1 aromatic carbocycles. The maximum atomic E-state index is 11.9. The van der Waals surface area contributed by atoms with Gasteiger partial charge in [0.05, 0.1) is 27.0 Å². The minimum Gasteiger partial charge on any atom is -0.383 e. The lowest BCUT2D eigenvalue weighted by atomic mass is 10.1. The van der Waals surface area contributed by atoms with E-state index in [0.29, 0.717) is 22.4 Å². The van der Waals surface area contributed by atoms with Crippen LogP contribution in [0.25, 0.3) is 21.8 Å². The Balaban J connectivity index is 1.33. The molecule has 0 spiro atoms. The number of rotatable bonds is 10. The average molecular weight is 537 g/mol. The minimum absolute atomic E-state index is 0.183. The van der Waals surface area contributed by atoms with E-state index < -0.39 is 0 Å². The summed E-state index contributed by atoms with van der Waals surface area (Å²) in [6.07, 6.45) is 5.90. The van der Waals surface area contributed by atoms with Crippen molar-refractivity contribution in [3.05, 3.63) is 64.2 Å². The molecule has 192 valence electrons. The molecule has 3 aromatic heterocycles. The van der Waals surface area contributed by atoms with Crippen LogP contribution in [-0.4, -0.2) is 57.6 Å². The van der Waals surface area contributed by atoms with Gasteiger partial charge in [0, 0.05) is 49.3 Å². The van der Waals surface area contributed by atoms with Gasteiger partial charge in [0.25, 0.3) is 0 Å². The summed E-state index contributed by atoms with van der Waals surface area (Å²) in [6, 6.07) is 11.0. The van der Waals surface area contributed by atoms with Crippen LogP contribution in [0.4, 0.5) is 22.5 Å². The Hall–Kier alpha value is -3.47. The van der Waals surface area contributed by atoms with E-state index in [4.69, 9.17) is 21.6 Å². The fraction of sp³-hybridized carbons (Fsp3) is 0.308. The number of hydrogen-bond donors (Lipinski definition) is 4. The highest BCUT2D eigenvalue weighted by molar-refractivity contribution is 7.19. The molecule has 5 rings (SSSR count). The van der Waals surface area contributed by atoms with Crippen molar-refractivity contribution in [1.29, 1.82) is 0 Å². The molecule has 1 saturated heterocycles. The van der Waals surface area contributed by atoms with Gasteiger partial charge < -0.3 is 25.8 Å². The number of likely N-dealkylation sites (tertiary alicyclic amines) is 1. The van der Waals surface area contributed by atoms with E-state index in [0.717, 1.165) is 46.6 Å². The molecule has 37 heavy (non-hydrogen) atoms. The number of aromatic nitrogens is 4. The zero-order valence-corrected chi connectivity index (χ0v) is 22.1. The van der Waals surface area contributed by atoms with Crippen LogP contribution in [0.2, 0.25) is 5.02 Å².